The molecule has 6 heteroatoms. The Kier molecular flexibility index (Phi) is 4.94. The van der Waals surface area contributed by atoms with Crippen LogP contribution in [0, 0.1) is 6.92 Å². The Bertz CT molecular complexity index is 494. The number of aromatic nitrogens is 1. The van der Waals surface area contributed by atoms with Gasteiger partial charge >= 0.3 is 11.9 Å². The lowest BCUT2D eigenvalue weighted by molar-refractivity contribution is -0.151. The Morgan fingerprint density at radius 2 is 2.00 bits per heavy atom. The fourth-order valence-corrected chi connectivity index (χ4v) is 2.04. The third-order valence-corrected chi connectivity index (χ3v) is 2.95. The van der Waals surface area contributed by atoms with Crippen LogP contribution in [-0.2, 0) is 9.53 Å². The Hall–Kier alpha value is -1.56. The molecule has 19 heavy (non-hydrogen) atoms. The van der Waals surface area contributed by atoms with Crippen LogP contribution in [0.15, 0.2) is 17.2 Å². The smallest absolute Gasteiger partial charge is 0.337 e. The maximum absolute atomic E-state index is 11.5. The highest BCUT2D eigenvalue weighted by atomic mass is 32.2. The number of hydrogen-bond acceptors (Lipinski definition) is 5. The van der Waals surface area contributed by atoms with Crippen LogP contribution in [-0.4, -0.2) is 33.4 Å². The summed E-state index contributed by atoms with van der Waals surface area (Å²) < 4.78 is 5.17. The van der Waals surface area contributed by atoms with Crippen LogP contribution in [0.4, 0.5) is 0 Å². The van der Waals surface area contributed by atoms with Crippen LogP contribution in [0.25, 0.3) is 0 Å². The lowest BCUT2D eigenvalue weighted by Gasteiger charge is -2.19. The Morgan fingerprint density at radius 1 is 1.37 bits per heavy atom. The second-order valence-corrected chi connectivity index (χ2v) is 5.96. The van der Waals surface area contributed by atoms with Crippen LogP contribution in [0.1, 0.15) is 36.8 Å². The zero-order chi connectivity index (χ0) is 14.6. The maximum atomic E-state index is 11.5. The molecule has 0 aliphatic heterocycles. The van der Waals surface area contributed by atoms with Crippen LogP contribution in [0.3, 0.4) is 0 Å². The summed E-state index contributed by atoms with van der Waals surface area (Å²) in [6, 6.07) is 3.08. The molecule has 5 nitrogen and oxygen atoms in total. The summed E-state index contributed by atoms with van der Waals surface area (Å²) in [6.07, 6.45) is 0. The van der Waals surface area contributed by atoms with E-state index >= 15 is 0 Å². The third-order valence-electron chi connectivity index (χ3n) is 2.05. The maximum Gasteiger partial charge on any atom is 0.337 e. The summed E-state index contributed by atoms with van der Waals surface area (Å²) in [6.45, 7) is 7.04. The first-order valence-corrected chi connectivity index (χ1v) is 6.73. The number of rotatable bonds is 4. The molecular formula is C13H17NO4S. The average molecular weight is 283 g/mol. The lowest BCUT2D eigenvalue weighted by Crippen LogP contribution is -2.24. The second-order valence-electron chi connectivity index (χ2n) is 4.96. The number of aryl methyl sites for hydroxylation is 1. The van der Waals surface area contributed by atoms with Gasteiger partial charge in [-0.15, -0.1) is 0 Å². The summed E-state index contributed by atoms with van der Waals surface area (Å²) in [4.78, 5) is 26.5. The highest BCUT2D eigenvalue weighted by Crippen LogP contribution is 2.19. The van der Waals surface area contributed by atoms with E-state index in [4.69, 9.17) is 9.84 Å². The average Bonchev–Trinajstić information content (AvgIpc) is 2.23. The van der Waals surface area contributed by atoms with E-state index in [1.165, 1.54) is 17.8 Å². The SMILES string of the molecule is Cc1nc(SCC(=O)OC(C)(C)C)ccc1C(=O)O. The number of carbonyl (C=O) groups excluding carboxylic acids is 1. The van der Waals surface area contributed by atoms with E-state index in [9.17, 15) is 9.59 Å². The fourth-order valence-electron chi connectivity index (χ4n) is 1.35. The van der Waals surface area contributed by atoms with Crippen LogP contribution in [0.2, 0.25) is 0 Å². The molecular weight excluding hydrogens is 266 g/mol. The van der Waals surface area contributed by atoms with Crippen molar-refractivity contribution in [2.45, 2.75) is 38.3 Å². The van der Waals surface area contributed by atoms with E-state index in [0.29, 0.717) is 10.7 Å². The predicted octanol–water partition coefficient (Wildman–Crippen LogP) is 2.52. The normalized spacial score (nSPS) is 11.2. The van der Waals surface area contributed by atoms with E-state index < -0.39 is 11.6 Å². The van der Waals surface area contributed by atoms with Crippen molar-refractivity contribution in [2.24, 2.45) is 0 Å². The van der Waals surface area contributed by atoms with Gasteiger partial charge in [0.25, 0.3) is 0 Å². The van der Waals surface area contributed by atoms with Gasteiger partial charge in [0.15, 0.2) is 0 Å². The summed E-state index contributed by atoms with van der Waals surface area (Å²) in [5, 5.41) is 9.49. The van der Waals surface area contributed by atoms with Crippen molar-refractivity contribution in [3.63, 3.8) is 0 Å². The van der Waals surface area contributed by atoms with Crippen molar-refractivity contribution in [1.29, 1.82) is 0 Å². The molecule has 0 saturated carbocycles. The number of carbonyl (C=O) groups is 2. The number of aromatic carboxylic acids is 1. The molecule has 0 fully saturated rings. The molecule has 0 saturated heterocycles. The van der Waals surface area contributed by atoms with Gasteiger partial charge in [0.05, 0.1) is 22.0 Å². The van der Waals surface area contributed by atoms with Gasteiger partial charge in [0, 0.05) is 0 Å². The van der Waals surface area contributed by atoms with Crippen molar-refractivity contribution >= 4 is 23.7 Å². The van der Waals surface area contributed by atoms with Gasteiger partial charge in [-0.3, -0.25) is 4.79 Å². The number of esters is 1. The molecule has 0 aromatic carbocycles. The molecule has 0 unspecified atom stereocenters. The molecule has 0 spiro atoms. The number of ether oxygens (including phenoxy) is 1. The topological polar surface area (TPSA) is 76.5 Å². The first kappa shape index (κ1) is 15.5. The highest BCUT2D eigenvalue weighted by molar-refractivity contribution is 7.99. The number of nitrogens with zero attached hydrogens (tertiary/aromatic N) is 1. The predicted molar refractivity (Wildman–Crippen MR) is 72.5 cm³/mol. The molecule has 1 N–H and O–H groups in total. The van der Waals surface area contributed by atoms with Gasteiger partial charge in [-0.05, 0) is 39.8 Å². The molecule has 104 valence electrons. The summed E-state index contributed by atoms with van der Waals surface area (Å²) in [5.74, 6) is -1.18. The number of carboxylic acids is 1. The molecule has 1 heterocycles. The van der Waals surface area contributed by atoms with E-state index in [2.05, 4.69) is 4.98 Å². The van der Waals surface area contributed by atoms with Gasteiger partial charge in [-0.2, -0.15) is 0 Å². The first-order chi connectivity index (χ1) is 8.69. The van der Waals surface area contributed by atoms with Crippen molar-refractivity contribution in [1.82, 2.24) is 4.98 Å². The summed E-state index contributed by atoms with van der Waals surface area (Å²) in [7, 11) is 0. The van der Waals surface area contributed by atoms with Crippen molar-refractivity contribution in [3.8, 4) is 0 Å². The van der Waals surface area contributed by atoms with Gasteiger partial charge < -0.3 is 9.84 Å². The minimum atomic E-state index is -1.01. The monoisotopic (exact) mass is 283 g/mol. The van der Waals surface area contributed by atoms with Crippen molar-refractivity contribution in [2.75, 3.05) is 5.75 Å². The molecule has 1 aromatic rings. The molecule has 1 rings (SSSR count). The number of carboxylic acid groups (broad SMARTS) is 1. The zero-order valence-corrected chi connectivity index (χ0v) is 12.2. The number of thioether (sulfide) groups is 1. The minimum Gasteiger partial charge on any atom is -0.478 e. The van der Waals surface area contributed by atoms with Crippen molar-refractivity contribution in [3.05, 3.63) is 23.4 Å². The Morgan fingerprint density at radius 3 is 2.47 bits per heavy atom. The Balaban J connectivity index is 2.62. The molecule has 0 aliphatic rings. The van der Waals surface area contributed by atoms with Gasteiger partial charge in [-0.1, -0.05) is 11.8 Å². The van der Waals surface area contributed by atoms with Gasteiger partial charge in [-0.25, -0.2) is 9.78 Å². The van der Waals surface area contributed by atoms with Crippen LogP contribution in [0.5, 0.6) is 0 Å². The standard InChI is InChI=1S/C13H17NO4S/c1-8-9(12(16)17)5-6-10(14-8)19-7-11(15)18-13(2,3)4/h5-6H,7H2,1-4H3,(H,16,17). The second kappa shape index (κ2) is 6.06. The molecule has 0 aliphatic carbocycles. The van der Waals surface area contributed by atoms with Crippen molar-refractivity contribution < 1.29 is 19.4 Å². The van der Waals surface area contributed by atoms with E-state index in [1.54, 1.807) is 33.8 Å². The van der Waals surface area contributed by atoms with E-state index in [-0.39, 0.29) is 17.3 Å². The fraction of sp³-hybridized carbons (Fsp3) is 0.462. The largest absolute Gasteiger partial charge is 0.478 e. The minimum absolute atomic E-state index is 0.149. The quantitative estimate of drug-likeness (QED) is 0.676. The Labute approximate surface area is 116 Å². The number of pyridine rings is 1. The molecule has 0 atom stereocenters. The molecule has 0 radical (unpaired) electrons. The summed E-state index contributed by atoms with van der Waals surface area (Å²) in [5.41, 5.74) is 0.0945. The molecule has 0 amide bonds. The molecule has 1 aromatic heterocycles. The zero-order valence-electron chi connectivity index (χ0n) is 11.4. The highest BCUT2D eigenvalue weighted by Gasteiger charge is 2.17. The lowest BCUT2D eigenvalue weighted by atomic mass is 10.2. The number of hydrogen-bond donors (Lipinski definition) is 1. The third kappa shape index (κ3) is 5.30. The van der Waals surface area contributed by atoms with Crippen LogP contribution >= 0.6 is 11.8 Å². The van der Waals surface area contributed by atoms with Crippen LogP contribution < -0.4 is 0 Å². The van der Waals surface area contributed by atoms with Gasteiger partial charge in [0.1, 0.15) is 5.60 Å². The summed E-state index contributed by atoms with van der Waals surface area (Å²) >= 11 is 1.23. The molecule has 0 bridgehead atoms. The first-order valence-electron chi connectivity index (χ1n) is 5.74. The van der Waals surface area contributed by atoms with E-state index in [0.717, 1.165) is 0 Å². The van der Waals surface area contributed by atoms with E-state index in [1.807, 2.05) is 0 Å². The van der Waals surface area contributed by atoms with Gasteiger partial charge in [0.2, 0.25) is 0 Å².